The Morgan fingerprint density at radius 1 is 1.38 bits per heavy atom. The molecule has 86 valence electrons. The second-order valence-corrected chi connectivity index (χ2v) is 5.23. The number of rotatable bonds is 3. The molecule has 0 radical (unpaired) electrons. The fourth-order valence-corrected chi connectivity index (χ4v) is 2.99. The number of aliphatic hydroxyl groups is 1. The molecule has 0 fully saturated rings. The van der Waals surface area contributed by atoms with E-state index in [0.29, 0.717) is 0 Å². The first-order chi connectivity index (χ1) is 7.65. The Morgan fingerprint density at radius 2 is 2.06 bits per heavy atom. The van der Waals surface area contributed by atoms with Gasteiger partial charge in [0.2, 0.25) is 0 Å². The van der Waals surface area contributed by atoms with Gasteiger partial charge in [-0.1, -0.05) is 37.5 Å². The van der Waals surface area contributed by atoms with Crippen LogP contribution in [0.3, 0.4) is 0 Å². The van der Waals surface area contributed by atoms with E-state index in [1.54, 1.807) is 3.96 Å². The monoisotopic (exact) mass is 237 g/mol. The van der Waals surface area contributed by atoms with Crippen molar-refractivity contribution in [3.05, 3.63) is 34.6 Å². The summed E-state index contributed by atoms with van der Waals surface area (Å²) >= 11 is 1.43. The van der Waals surface area contributed by atoms with E-state index in [9.17, 15) is 9.90 Å². The van der Waals surface area contributed by atoms with Crippen molar-refractivity contribution in [1.82, 2.24) is 3.96 Å². The molecule has 1 atom stereocenters. The summed E-state index contributed by atoms with van der Waals surface area (Å²) in [7, 11) is 0. The summed E-state index contributed by atoms with van der Waals surface area (Å²) in [4.78, 5) is 12.1. The lowest BCUT2D eigenvalue weighted by molar-refractivity contribution is 0.199. The van der Waals surface area contributed by atoms with Crippen molar-refractivity contribution in [2.75, 3.05) is 6.61 Å². The molecule has 4 heteroatoms. The zero-order valence-corrected chi connectivity index (χ0v) is 10.2. The van der Waals surface area contributed by atoms with Crippen molar-refractivity contribution in [3.8, 4) is 0 Å². The van der Waals surface area contributed by atoms with Crippen LogP contribution in [-0.4, -0.2) is 15.7 Å². The van der Waals surface area contributed by atoms with Gasteiger partial charge in [0.05, 0.1) is 22.7 Å². The van der Waals surface area contributed by atoms with Gasteiger partial charge in [-0.05, 0) is 18.1 Å². The van der Waals surface area contributed by atoms with Crippen LogP contribution >= 0.6 is 11.5 Å². The maximum absolute atomic E-state index is 12.1. The Kier molecular flexibility index (Phi) is 3.12. The molecule has 0 bridgehead atoms. The molecule has 0 aliphatic carbocycles. The van der Waals surface area contributed by atoms with Crippen molar-refractivity contribution in [2.24, 2.45) is 5.92 Å². The smallest absolute Gasteiger partial charge is 0.268 e. The number of hydrogen-bond donors (Lipinski definition) is 1. The molecule has 3 nitrogen and oxygen atoms in total. The van der Waals surface area contributed by atoms with Crippen LogP contribution in [0.4, 0.5) is 0 Å². The van der Waals surface area contributed by atoms with E-state index in [4.69, 9.17) is 0 Å². The molecule has 0 aliphatic heterocycles. The standard InChI is InChI=1S/C12H15NO2S/c1-8(2)10(7-14)13-12(15)9-5-3-4-6-11(9)16-13/h3-6,8,10,14H,7H2,1-2H3. The average Bonchev–Trinajstić information content (AvgIpc) is 2.58. The maximum Gasteiger partial charge on any atom is 0.268 e. The van der Waals surface area contributed by atoms with E-state index in [-0.39, 0.29) is 24.1 Å². The topological polar surface area (TPSA) is 42.2 Å². The third-order valence-electron chi connectivity index (χ3n) is 2.77. The number of aliphatic hydroxyl groups excluding tert-OH is 1. The Bertz CT molecular complexity index is 541. The molecule has 16 heavy (non-hydrogen) atoms. The predicted octanol–water partition coefficient (Wildman–Crippen LogP) is 2.25. The molecule has 1 aromatic carbocycles. The molecule has 0 saturated heterocycles. The van der Waals surface area contributed by atoms with Gasteiger partial charge in [-0.15, -0.1) is 0 Å². The summed E-state index contributed by atoms with van der Waals surface area (Å²) in [6.07, 6.45) is 0. The minimum absolute atomic E-state index is 0.00436. The quantitative estimate of drug-likeness (QED) is 0.889. The molecule has 0 aliphatic rings. The number of fused-ring (bicyclic) bond motifs is 1. The van der Waals surface area contributed by atoms with E-state index in [0.717, 1.165) is 10.1 Å². The van der Waals surface area contributed by atoms with E-state index in [2.05, 4.69) is 0 Å². The Morgan fingerprint density at radius 3 is 2.62 bits per heavy atom. The summed E-state index contributed by atoms with van der Waals surface area (Å²) in [5.41, 5.74) is 0.00773. The Labute approximate surface area is 98.1 Å². The zero-order valence-electron chi connectivity index (χ0n) is 9.38. The lowest BCUT2D eigenvalue weighted by atomic mass is 10.1. The van der Waals surface area contributed by atoms with Gasteiger partial charge in [-0.3, -0.25) is 8.75 Å². The van der Waals surface area contributed by atoms with Crippen molar-refractivity contribution >= 4 is 21.6 Å². The van der Waals surface area contributed by atoms with Crippen LogP contribution in [0.2, 0.25) is 0 Å². The van der Waals surface area contributed by atoms with Crippen LogP contribution in [0.1, 0.15) is 19.9 Å². The summed E-state index contributed by atoms with van der Waals surface area (Å²) in [5.74, 6) is 0.246. The number of nitrogens with zero attached hydrogens (tertiary/aromatic N) is 1. The summed E-state index contributed by atoms with van der Waals surface area (Å²) in [5, 5.41) is 10.1. The van der Waals surface area contributed by atoms with E-state index < -0.39 is 0 Å². The molecular weight excluding hydrogens is 222 g/mol. The van der Waals surface area contributed by atoms with Gasteiger partial charge < -0.3 is 5.11 Å². The van der Waals surface area contributed by atoms with Gasteiger partial charge in [-0.2, -0.15) is 0 Å². The predicted molar refractivity (Wildman–Crippen MR) is 67.0 cm³/mol. The minimum atomic E-state index is -0.120. The molecule has 0 amide bonds. The Balaban J connectivity index is 2.61. The Hall–Kier alpha value is -1.13. The summed E-state index contributed by atoms with van der Waals surface area (Å²) < 4.78 is 2.67. The lowest BCUT2D eigenvalue weighted by Crippen LogP contribution is -2.25. The normalized spacial score (nSPS) is 13.5. The first-order valence-corrected chi connectivity index (χ1v) is 6.14. The van der Waals surface area contributed by atoms with Crippen LogP contribution in [0.15, 0.2) is 29.1 Å². The van der Waals surface area contributed by atoms with E-state index in [1.807, 2.05) is 38.1 Å². The highest BCUT2D eigenvalue weighted by atomic mass is 32.1. The molecule has 0 spiro atoms. The fourth-order valence-electron chi connectivity index (χ4n) is 1.76. The van der Waals surface area contributed by atoms with Crippen molar-refractivity contribution in [1.29, 1.82) is 0 Å². The highest BCUT2D eigenvalue weighted by Gasteiger charge is 2.18. The highest BCUT2D eigenvalue weighted by molar-refractivity contribution is 7.13. The van der Waals surface area contributed by atoms with Gasteiger partial charge in [0.25, 0.3) is 5.56 Å². The second-order valence-electron chi connectivity index (χ2n) is 4.21. The highest BCUT2D eigenvalue weighted by Crippen LogP contribution is 2.23. The van der Waals surface area contributed by atoms with Gasteiger partial charge in [-0.25, -0.2) is 0 Å². The van der Waals surface area contributed by atoms with Crippen LogP contribution in [-0.2, 0) is 0 Å². The average molecular weight is 237 g/mol. The fraction of sp³-hybridized carbons (Fsp3) is 0.417. The number of hydrogen-bond acceptors (Lipinski definition) is 3. The molecule has 2 rings (SSSR count). The largest absolute Gasteiger partial charge is 0.394 e. The SMILES string of the molecule is CC(C)C(CO)n1sc2ccccc2c1=O. The molecule has 1 aromatic heterocycles. The third-order valence-corrected chi connectivity index (χ3v) is 3.96. The molecule has 0 saturated carbocycles. The van der Waals surface area contributed by atoms with Gasteiger partial charge in [0.1, 0.15) is 0 Å². The minimum Gasteiger partial charge on any atom is -0.394 e. The second kappa shape index (κ2) is 4.39. The first-order valence-electron chi connectivity index (χ1n) is 5.36. The number of benzene rings is 1. The lowest BCUT2D eigenvalue weighted by Gasteiger charge is -2.17. The van der Waals surface area contributed by atoms with Gasteiger partial charge >= 0.3 is 0 Å². The van der Waals surface area contributed by atoms with Crippen LogP contribution in [0.25, 0.3) is 10.1 Å². The van der Waals surface area contributed by atoms with Crippen LogP contribution < -0.4 is 5.56 Å². The molecule has 1 heterocycles. The maximum atomic E-state index is 12.1. The van der Waals surface area contributed by atoms with Crippen LogP contribution in [0.5, 0.6) is 0 Å². The van der Waals surface area contributed by atoms with Crippen molar-refractivity contribution in [3.63, 3.8) is 0 Å². The van der Waals surface area contributed by atoms with E-state index in [1.165, 1.54) is 11.5 Å². The summed E-state index contributed by atoms with van der Waals surface area (Å²) in [6.45, 7) is 4.03. The molecule has 2 aromatic rings. The van der Waals surface area contributed by atoms with Crippen molar-refractivity contribution < 1.29 is 5.11 Å². The number of aromatic nitrogens is 1. The molecular formula is C12H15NO2S. The molecule has 1 N–H and O–H groups in total. The van der Waals surface area contributed by atoms with Gasteiger partial charge in [0, 0.05) is 0 Å². The first kappa shape index (κ1) is 11.4. The third kappa shape index (κ3) is 1.79. The van der Waals surface area contributed by atoms with E-state index >= 15 is 0 Å². The van der Waals surface area contributed by atoms with Crippen LogP contribution in [0, 0.1) is 5.92 Å². The van der Waals surface area contributed by atoms with Gasteiger partial charge in [0.15, 0.2) is 0 Å². The zero-order chi connectivity index (χ0) is 11.7. The van der Waals surface area contributed by atoms with Crippen molar-refractivity contribution in [2.45, 2.75) is 19.9 Å². The molecule has 1 unspecified atom stereocenters. The summed E-state index contributed by atoms with van der Waals surface area (Å²) in [6, 6.07) is 7.44.